The van der Waals surface area contributed by atoms with Crippen molar-refractivity contribution in [3.05, 3.63) is 64.1 Å². The number of amides is 1. The van der Waals surface area contributed by atoms with Crippen LogP contribution in [0, 0.1) is 0 Å². The number of thiazole rings is 1. The number of benzene rings is 2. The van der Waals surface area contributed by atoms with E-state index < -0.39 is 22.0 Å². The number of nitrogens with one attached hydrogen (secondary N) is 2. The number of rotatable bonds is 7. The van der Waals surface area contributed by atoms with E-state index in [-0.39, 0.29) is 10.0 Å². The molecule has 0 aliphatic carbocycles. The van der Waals surface area contributed by atoms with Gasteiger partial charge in [-0.15, -0.1) is 11.3 Å². The first-order chi connectivity index (χ1) is 13.7. The highest BCUT2D eigenvalue weighted by Gasteiger charge is 2.18. The number of sulfonamides is 1. The van der Waals surface area contributed by atoms with E-state index >= 15 is 0 Å². The average molecular weight is 472 g/mol. The number of carbonyl (C=O) groups is 1. The summed E-state index contributed by atoms with van der Waals surface area (Å²) in [7, 11) is -3.76. The van der Waals surface area contributed by atoms with E-state index in [1.807, 2.05) is 0 Å². The minimum atomic E-state index is -3.76. The monoisotopic (exact) mass is 471 g/mol. The van der Waals surface area contributed by atoms with E-state index in [0.29, 0.717) is 21.5 Å². The summed E-state index contributed by atoms with van der Waals surface area (Å²) in [5, 5.41) is 5.34. The second kappa shape index (κ2) is 9.00. The molecule has 152 valence electrons. The van der Waals surface area contributed by atoms with E-state index in [1.165, 1.54) is 47.9 Å². The first kappa shape index (κ1) is 21.4. The lowest BCUT2D eigenvalue weighted by Crippen LogP contribution is -2.30. The van der Waals surface area contributed by atoms with Crippen LogP contribution in [-0.2, 0) is 14.8 Å². The van der Waals surface area contributed by atoms with Gasteiger partial charge >= 0.3 is 0 Å². The first-order valence-electron chi connectivity index (χ1n) is 8.19. The van der Waals surface area contributed by atoms with Gasteiger partial charge in [-0.05, 0) is 49.4 Å². The molecule has 7 nitrogen and oxygen atoms in total. The number of nitrogens with zero attached hydrogens (tertiary/aromatic N) is 1. The van der Waals surface area contributed by atoms with Crippen molar-refractivity contribution in [3.8, 4) is 5.75 Å². The van der Waals surface area contributed by atoms with Crippen LogP contribution in [0.25, 0.3) is 0 Å². The Balaban J connectivity index is 1.63. The normalized spacial score (nSPS) is 12.2. The lowest BCUT2D eigenvalue weighted by molar-refractivity contribution is -0.122. The molecule has 1 heterocycles. The van der Waals surface area contributed by atoms with Gasteiger partial charge in [0.2, 0.25) is 0 Å². The Morgan fingerprint density at radius 3 is 2.52 bits per heavy atom. The summed E-state index contributed by atoms with van der Waals surface area (Å²) in [4.78, 5) is 16.3. The van der Waals surface area contributed by atoms with Crippen molar-refractivity contribution in [3.63, 3.8) is 0 Å². The lowest BCUT2D eigenvalue weighted by atomic mass is 10.3. The van der Waals surface area contributed by atoms with Gasteiger partial charge in [-0.3, -0.25) is 9.52 Å². The number of hydrogen-bond donors (Lipinski definition) is 2. The Labute approximate surface area is 181 Å². The van der Waals surface area contributed by atoms with Crippen LogP contribution in [0.1, 0.15) is 6.92 Å². The van der Waals surface area contributed by atoms with Crippen molar-refractivity contribution in [1.82, 2.24) is 4.98 Å². The fourth-order valence-corrected chi connectivity index (χ4v) is 4.47. The highest BCUT2D eigenvalue weighted by Crippen LogP contribution is 2.28. The smallest absolute Gasteiger partial charge is 0.265 e. The molecule has 0 aliphatic heterocycles. The van der Waals surface area contributed by atoms with Gasteiger partial charge in [0.05, 0.1) is 9.92 Å². The molecule has 3 rings (SSSR count). The van der Waals surface area contributed by atoms with E-state index in [9.17, 15) is 13.2 Å². The molecule has 2 N–H and O–H groups in total. The predicted octanol–water partition coefficient (Wildman–Crippen LogP) is 4.66. The quantitative estimate of drug-likeness (QED) is 0.522. The zero-order chi connectivity index (χ0) is 21.0. The van der Waals surface area contributed by atoms with Crippen molar-refractivity contribution in [1.29, 1.82) is 0 Å². The summed E-state index contributed by atoms with van der Waals surface area (Å²) < 4.78 is 32.6. The molecular formula is C18H15Cl2N3O4S2. The van der Waals surface area contributed by atoms with E-state index in [2.05, 4.69) is 15.0 Å². The second-order valence-corrected chi connectivity index (χ2v) is 9.21. The van der Waals surface area contributed by atoms with Gasteiger partial charge in [-0.2, -0.15) is 0 Å². The fourth-order valence-electron chi connectivity index (χ4n) is 2.22. The largest absolute Gasteiger partial charge is 0.479 e. The maximum atomic E-state index is 12.3. The zero-order valence-corrected chi connectivity index (χ0v) is 18.1. The van der Waals surface area contributed by atoms with Gasteiger partial charge < -0.3 is 10.1 Å². The molecule has 29 heavy (non-hydrogen) atoms. The number of hydrogen-bond acceptors (Lipinski definition) is 6. The van der Waals surface area contributed by atoms with Crippen LogP contribution in [0.3, 0.4) is 0 Å². The highest BCUT2D eigenvalue weighted by atomic mass is 35.5. The van der Waals surface area contributed by atoms with E-state index in [4.69, 9.17) is 27.9 Å². The number of anilines is 2. The maximum absolute atomic E-state index is 12.3. The molecule has 0 fully saturated rings. The number of ether oxygens (including phenoxy) is 1. The molecule has 1 amide bonds. The molecule has 1 aromatic heterocycles. The molecular weight excluding hydrogens is 457 g/mol. The van der Waals surface area contributed by atoms with Crippen molar-refractivity contribution in [2.75, 3.05) is 10.0 Å². The molecule has 0 unspecified atom stereocenters. The molecule has 3 aromatic rings. The van der Waals surface area contributed by atoms with Crippen LogP contribution >= 0.6 is 34.5 Å². The summed E-state index contributed by atoms with van der Waals surface area (Å²) in [6, 6.07) is 10.4. The summed E-state index contributed by atoms with van der Waals surface area (Å²) in [6.07, 6.45) is 0.658. The van der Waals surface area contributed by atoms with Crippen LogP contribution < -0.4 is 14.8 Å². The molecule has 0 radical (unpaired) electrons. The zero-order valence-electron chi connectivity index (χ0n) is 14.9. The number of carbonyl (C=O) groups excluding carboxylic acids is 1. The lowest BCUT2D eigenvalue weighted by Gasteiger charge is -2.16. The summed E-state index contributed by atoms with van der Waals surface area (Å²) >= 11 is 13.1. The van der Waals surface area contributed by atoms with Gasteiger partial charge in [0.1, 0.15) is 5.75 Å². The van der Waals surface area contributed by atoms with Gasteiger partial charge in [0, 0.05) is 22.3 Å². The van der Waals surface area contributed by atoms with Crippen LogP contribution in [0.4, 0.5) is 10.8 Å². The topological polar surface area (TPSA) is 97.4 Å². The Morgan fingerprint density at radius 2 is 1.90 bits per heavy atom. The Morgan fingerprint density at radius 1 is 1.17 bits per heavy atom. The second-order valence-electron chi connectivity index (χ2n) is 5.79. The molecule has 0 spiro atoms. The molecule has 0 bridgehead atoms. The van der Waals surface area contributed by atoms with Crippen molar-refractivity contribution >= 4 is 61.3 Å². The van der Waals surface area contributed by atoms with E-state index in [1.54, 1.807) is 24.4 Å². The van der Waals surface area contributed by atoms with Crippen molar-refractivity contribution < 1.29 is 17.9 Å². The van der Waals surface area contributed by atoms with Gasteiger partial charge in [0.15, 0.2) is 11.2 Å². The summed E-state index contributed by atoms with van der Waals surface area (Å²) in [6.45, 7) is 1.57. The molecule has 11 heteroatoms. The number of halogens is 2. The van der Waals surface area contributed by atoms with Crippen LogP contribution in [0.5, 0.6) is 5.75 Å². The van der Waals surface area contributed by atoms with Crippen LogP contribution in [0.2, 0.25) is 10.0 Å². The van der Waals surface area contributed by atoms with Crippen LogP contribution in [0.15, 0.2) is 58.9 Å². The minimum Gasteiger partial charge on any atom is -0.479 e. The molecule has 0 saturated heterocycles. The predicted molar refractivity (Wildman–Crippen MR) is 115 cm³/mol. The minimum absolute atomic E-state index is 0.0444. The van der Waals surface area contributed by atoms with Gasteiger partial charge in [-0.25, -0.2) is 13.4 Å². The van der Waals surface area contributed by atoms with Crippen molar-refractivity contribution in [2.45, 2.75) is 17.9 Å². The SMILES string of the molecule is C[C@@H](Oc1ccc(Cl)cc1Cl)C(=O)Nc1ccc(S(=O)(=O)Nc2nccs2)cc1. The Bertz CT molecular complexity index is 1100. The fraction of sp³-hybridized carbons (Fsp3) is 0.111. The van der Waals surface area contributed by atoms with Crippen LogP contribution in [-0.4, -0.2) is 25.4 Å². The standard InChI is InChI=1S/C18H15Cl2N3O4S2/c1-11(27-16-7-2-12(19)10-15(16)20)17(24)22-13-3-5-14(6-4-13)29(25,26)23-18-21-8-9-28-18/h2-11H,1H3,(H,21,23)(H,22,24)/t11-/m1/s1. The summed E-state index contributed by atoms with van der Waals surface area (Å²) in [5.74, 6) is -0.0963. The van der Waals surface area contributed by atoms with E-state index in [0.717, 1.165) is 0 Å². The third-order valence-electron chi connectivity index (χ3n) is 3.65. The Hall–Kier alpha value is -2.33. The average Bonchev–Trinajstić information content (AvgIpc) is 3.16. The van der Waals surface area contributed by atoms with Gasteiger partial charge in [-0.1, -0.05) is 23.2 Å². The summed E-state index contributed by atoms with van der Waals surface area (Å²) in [5.41, 5.74) is 0.417. The first-order valence-corrected chi connectivity index (χ1v) is 11.3. The molecule has 1 atom stereocenters. The molecule has 2 aromatic carbocycles. The molecule has 0 saturated carbocycles. The third-order valence-corrected chi connectivity index (χ3v) is 6.36. The van der Waals surface area contributed by atoms with Crippen molar-refractivity contribution in [2.24, 2.45) is 0 Å². The maximum Gasteiger partial charge on any atom is 0.265 e. The highest BCUT2D eigenvalue weighted by molar-refractivity contribution is 7.93. The van der Waals surface area contributed by atoms with Gasteiger partial charge in [0.25, 0.3) is 15.9 Å². The Kier molecular flexibility index (Phi) is 6.63. The molecule has 0 aliphatic rings. The third kappa shape index (κ3) is 5.60. The number of aromatic nitrogens is 1.